The van der Waals surface area contributed by atoms with E-state index in [4.69, 9.17) is 16.3 Å². The molecule has 0 atom stereocenters. The van der Waals surface area contributed by atoms with Gasteiger partial charge in [-0.2, -0.15) is 5.10 Å². The molecule has 2 aromatic carbocycles. The first-order valence-electron chi connectivity index (χ1n) is 7.77. The maximum absolute atomic E-state index is 11.5. The second kappa shape index (κ2) is 8.50. The van der Waals surface area contributed by atoms with Gasteiger partial charge < -0.3 is 4.74 Å². The number of carbonyl (C=O) groups excluding carboxylic acids is 1. The molecule has 0 aliphatic heterocycles. The molecule has 2 rings (SSSR count). The summed E-state index contributed by atoms with van der Waals surface area (Å²) in [5.41, 5.74) is 5.28. The van der Waals surface area contributed by atoms with Gasteiger partial charge in [-0.25, -0.2) is 5.43 Å². The van der Waals surface area contributed by atoms with E-state index < -0.39 is 0 Å². The largest absolute Gasteiger partial charge is 0.489 e. The van der Waals surface area contributed by atoms with Crippen LogP contribution in [0.2, 0.25) is 5.02 Å². The van der Waals surface area contributed by atoms with Crippen molar-refractivity contribution in [3.63, 3.8) is 0 Å². The molecule has 4 nitrogen and oxygen atoms in total. The smallest absolute Gasteiger partial charge is 0.242 e. The van der Waals surface area contributed by atoms with Crippen molar-refractivity contribution in [2.45, 2.75) is 27.4 Å². The van der Waals surface area contributed by atoms with Gasteiger partial charge in [0.25, 0.3) is 0 Å². The zero-order valence-electron chi connectivity index (χ0n) is 14.0. The van der Waals surface area contributed by atoms with Gasteiger partial charge in [0.05, 0.1) is 5.71 Å². The third-order valence-corrected chi connectivity index (χ3v) is 3.70. The molecule has 0 unspecified atom stereocenters. The Labute approximate surface area is 147 Å². The van der Waals surface area contributed by atoms with E-state index in [1.54, 1.807) is 0 Å². The van der Waals surface area contributed by atoms with Crippen molar-refractivity contribution in [1.29, 1.82) is 0 Å². The number of carbonyl (C=O) groups is 1. The highest BCUT2D eigenvalue weighted by molar-refractivity contribution is 6.30. The summed E-state index contributed by atoms with van der Waals surface area (Å²) in [5, 5.41) is 4.82. The van der Waals surface area contributed by atoms with Gasteiger partial charge in [-0.3, -0.25) is 4.79 Å². The van der Waals surface area contributed by atoms with Crippen molar-refractivity contribution in [2.75, 3.05) is 0 Å². The van der Waals surface area contributed by atoms with E-state index in [-0.39, 0.29) is 11.8 Å². The highest BCUT2D eigenvalue weighted by atomic mass is 35.5. The van der Waals surface area contributed by atoms with Crippen molar-refractivity contribution in [3.05, 3.63) is 64.7 Å². The van der Waals surface area contributed by atoms with Gasteiger partial charge in [-0.15, -0.1) is 0 Å². The van der Waals surface area contributed by atoms with Gasteiger partial charge in [0.2, 0.25) is 5.91 Å². The fourth-order valence-electron chi connectivity index (χ4n) is 1.87. The number of hydrogen-bond donors (Lipinski definition) is 1. The molecule has 0 radical (unpaired) electrons. The van der Waals surface area contributed by atoms with Crippen molar-refractivity contribution in [2.24, 2.45) is 11.0 Å². The molecule has 5 heteroatoms. The van der Waals surface area contributed by atoms with Gasteiger partial charge in [-0.1, -0.05) is 37.6 Å². The van der Waals surface area contributed by atoms with Crippen LogP contribution in [0.1, 0.15) is 31.9 Å². The van der Waals surface area contributed by atoms with Crippen LogP contribution in [0.25, 0.3) is 0 Å². The molecule has 0 spiro atoms. The fourth-order valence-corrected chi connectivity index (χ4v) is 2.00. The molecule has 1 amide bonds. The Hall–Kier alpha value is -2.33. The van der Waals surface area contributed by atoms with Gasteiger partial charge >= 0.3 is 0 Å². The Balaban J connectivity index is 1.93. The maximum atomic E-state index is 11.5. The monoisotopic (exact) mass is 344 g/mol. The van der Waals surface area contributed by atoms with Gasteiger partial charge in [0.15, 0.2) is 0 Å². The van der Waals surface area contributed by atoms with E-state index in [0.29, 0.717) is 11.6 Å². The third-order valence-electron chi connectivity index (χ3n) is 3.45. The molecule has 2 aromatic rings. The standard InChI is InChI=1S/C19H21ClN2O2/c1-13(2)19(23)22-21-14(3)16-6-10-18(11-7-16)24-12-15-4-8-17(20)9-5-15/h4-11,13H,12H2,1-3H3,(H,22,23)/b21-14+. The second-order valence-corrected chi connectivity index (χ2v) is 6.20. The van der Waals surface area contributed by atoms with Crippen LogP contribution >= 0.6 is 11.6 Å². The Bertz CT molecular complexity index is 707. The lowest BCUT2D eigenvalue weighted by Gasteiger charge is -2.08. The number of benzene rings is 2. The number of hydrazone groups is 1. The Morgan fingerprint density at radius 3 is 2.33 bits per heavy atom. The molecule has 24 heavy (non-hydrogen) atoms. The number of rotatable bonds is 6. The second-order valence-electron chi connectivity index (χ2n) is 5.77. The predicted molar refractivity (Wildman–Crippen MR) is 97.4 cm³/mol. The summed E-state index contributed by atoms with van der Waals surface area (Å²) in [7, 11) is 0. The van der Waals surface area contributed by atoms with E-state index in [1.165, 1.54) is 0 Å². The molecule has 0 fully saturated rings. The number of ether oxygens (including phenoxy) is 1. The van der Waals surface area contributed by atoms with Crippen LogP contribution in [-0.4, -0.2) is 11.6 Å². The quantitative estimate of drug-likeness (QED) is 0.623. The van der Waals surface area contributed by atoms with Crippen LogP contribution in [0.3, 0.4) is 0 Å². The van der Waals surface area contributed by atoms with Crippen LogP contribution in [0.15, 0.2) is 53.6 Å². The molecule has 0 aliphatic carbocycles. The summed E-state index contributed by atoms with van der Waals surface area (Å²) in [6.07, 6.45) is 0. The maximum Gasteiger partial charge on any atom is 0.242 e. The first kappa shape index (κ1) is 18.0. The minimum atomic E-state index is -0.0998. The van der Waals surface area contributed by atoms with Gasteiger partial charge in [-0.05, 0) is 54.4 Å². The Kier molecular flexibility index (Phi) is 6.38. The first-order chi connectivity index (χ1) is 11.5. The van der Waals surface area contributed by atoms with E-state index in [1.807, 2.05) is 69.3 Å². The van der Waals surface area contributed by atoms with Crippen molar-refractivity contribution in [3.8, 4) is 5.75 Å². The summed E-state index contributed by atoms with van der Waals surface area (Å²) in [6, 6.07) is 15.2. The molecule has 126 valence electrons. The average Bonchev–Trinajstić information content (AvgIpc) is 2.59. The van der Waals surface area contributed by atoms with Crippen LogP contribution in [0, 0.1) is 5.92 Å². The predicted octanol–water partition coefficient (Wildman–Crippen LogP) is 4.42. The zero-order chi connectivity index (χ0) is 17.5. The fraction of sp³-hybridized carbons (Fsp3) is 0.263. The molecular formula is C19H21ClN2O2. The van der Waals surface area contributed by atoms with Crippen molar-refractivity contribution >= 4 is 23.2 Å². The lowest BCUT2D eigenvalue weighted by atomic mass is 10.1. The summed E-state index contributed by atoms with van der Waals surface area (Å²) in [4.78, 5) is 11.5. The topological polar surface area (TPSA) is 50.7 Å². The molecule has 1 N–H and O–H groups in total. The van der Waals surface area contributed by atoms with E-state index >= 15 is 0 Å². The zero-order valence-corrected chi connectivity index (χ0v) is 14.8. The summed E-state index contributed by atoms with van der Waals surface area (Å²) < 4.78 is 5.74. The Morgan fingerprint density at radius 2 is 1.75 bits per heavy atom. The van der Waals surface area contributed by atoms with Crippen LogP contribution in [0.4, 0.5) is 0 Å². The number of nitrogens with zero attached hydrogens (tertiary/aromatic N) is 1. The van der Waals surface area contributed by atoms with Crippen LogP contribution in [0.5, 0.6) is 5.75 Å². The first-order valence-corrected chi connectivity index (χ1v) is 8.15. The van der Waals surface area contributed by atoms with E-state index in [2.05, 4.69) is 10.5 Å². The molecule has 0 aliphatic rings. The van der Waals surface area contributed by atoms with Gasteiger partial charge in [0, 0.05) is 10.9 Å². The molecule has 0 aromatic heterocycles. The van der Waals surface area contributed by atoms with E-state index in [9.17, 15) is 4.79 Å². The highest BCUT2D eigenvalue weighted by Gasteiger charge is 2.05. The molecule has 0 saturated carbocycles. The summed E-state index contributed by atoms with van der Waals surface area (Å²) in [5.74, 6) is 0.579. The molecule has 0 bridgehead atoms. The van der Waals surface area contributed by atoms with Crippen LogP contribution in [-0.2, 0) is 11.4 Å². The normalized spacial score (nSPS) is 11.5. The van der Waals surface area contributed by atoms with Crippen molar-refractivity contribution in [1.82, 2.24) is 5.43 Å². The van der Waals surface area contributed by atoms with E-state index in [0.717, 1.165) is 22.6 Å². The minimum Gasteiger partial charge on any atom is -0.489 e. The summed E-state index contributed by atoms with van der Waals surface area (Å²) in [6.45, 7) is 5.98. The summed E-state index contributed by atoms with van der Waals surface area (Å²) >= 11 is 5.86. The SMILES string of the molecule is C/C(=N\NC(=O)C(C)C)c1ccc(OCc2ccc(Cl)cc2)cc1. The molecule has 0 saturated heterocycles. The number of hydrogen-bond acceptors (Lipinski definition) is 3. The number of halogens is 1. The molecule has 0 heterocycles. The highest BCUT2D eigenvalue weighted by Crippen LogP contribution is 2.16. The van der Waals surface area contributed by atoms with Gasteiger partial charge in [0.1, 0.15) is 12.4 Å². The number of amides is 1. The lowest BCUT2D eigenvalue weighted by Crippen LogP contribution is -2.24. The van der Waals surface area contributed by atoms with Crippen LogP contribution < -0.4 is 10.2 Å². The minimum absolute atomic E-state index is 0.0924. The Morgan fingerprint density at radius 1 is 1.12 bits per heavy atom. The van der Waals surface area contributed by atoms with Crippen molar-refractivity contribution < 1.29 is 9.53 Å². The lowest BCUT2D eigenvalue weighted by molar-refractivity contribution is -0.123. The number of nitrogens with one attached hydrogen (secondary N) is 1. The molecular weight excluding hydrogens is 324 g/mol. The average molecular weight is 345 g/mol. The third kappa shape index (κ3) is 5.39.